The van der Waals surface area contributed by atoms with Crippen LogP contribution in [0.3, 0.4) is 0 Å². The summed E-state index contributed by atoms with van der Waals surface area (Å²) in [7, 11) is 4.48. The van der Waals surface area contributed by atoms with Crippen molar-refractivity contribution in [2.24, 2.45) is 0 Å². The second kappa shape index (κ2) is 5.68. The number of aromatic hydroxyl groups is 1. The molecule has 2 heteroatoms. The Kier molecular flexibility index (Phi) is 4.15. The number of hydrogen-bond acceptors (Lipinski definition) is 1. The van der Waals surface area contributed by atoms with E-state index in [4.69, 9.17) is 0 Å². The molecule has 0 spiro atoms. The summed E-state index contributed by atoms with van der Waals surface area (Å²) in [5, 5.41) is 9.68. The van der Waals surface area contributed by atoms with E-state index in [1.807, 2.05) is 12.1 Å². The van der Waals surface area contributed by atoms with E-state index in [0.29, 0.717) is 17.8 Å². The smallest absolute Gasteiger partial charge is 0.116 e. The van der Waals surface area contributed by atoms with Crippen LogP contribution in [0.15, 0.2) is 54.6 Å². The molecule has 0 amide bonds. The first-order valence-electron chi connectivity index (χ1n) is 7.10. The summed E-state index contributed by atoms with van der Waals surface area (Å²) in [5.74, 6) is 0.335. The van der Waals surface area contributed by atoms with Crippen LogP contribution in [-0.2, 0) is 0 Å². The minimum absolute atomic E-state index is 0.303. The quantitative estimate of drug-likeness (QED) is 0.822. The van der Waals surface area contributed by atoms with Gasteiger partial charge in [-0.05, 0) is 26.0 Å². The SMILES string of the molecule is CC(c1ccccc1)[N+](C)(C)C(C)c1cccc(O)c1. The van der Waals surface area contributed by atoms with Crippen molar-refractivity contribution in [3.63, 3.8) is 0 Å². The highest BCUT2D eigenvalue weighted by atomic mass is 16.3. The Balaban J connectivity index is 2.29. The zero-order valence-electron chi connectivity index (χ0n) is 12.7. The standard InChI is InChI=1S/C18H23NO/c1-14(16-9-6-5-7-10-16)19(3,4)15(2)17-11-8-12-18(20)13-17/h5-15H,1-4H3/p+1. The van der Waals surface area contributed by atoms with Gasteiger partial charge >= 0.3 is 0 Å². The van der Waals surface area contributed by atoms with Crippen molar-refractivity contribution in [3.8, 4) is 5.75 Å². The monoisotopic (exact) mass is 270 g/mol. The van der Waals surface area contributed by atoms with Crippen LogP contribution in [-0.4, -0.2) is 23.7 Å². The molecule has 0 aromatic heterocycles. The van der Waals surface area contributed by atoms with E-state index < -0.39 is 0 Å². The van der Waals surface area contributed by atoms with Crippen molar-refractivity contribution in [2.75, 3.05) is 14.1 Å². The molecular formula is C18H24NO+. The van der Waals surface area contributed by atoms with Crippen LogP contribution in [0.4, 0.5) is 0 Å². The van der Waals surface area contributed by atoms with E-state index >= 15 is 0 Å². The third-order valence-corrected chi connectivity index (χ3v) is 4.63. The lowest BCUT2D eigenvalue weighted by Gasteiger charge is -2.42. The zero-order valence-corrected chi connectivity index (χ0v) is 12.7. The van der Waals surface area contributed by atoms with Gasteiger partial charge in [0.1, 0.15) is 17.8 Å². The highest BCUT2D eigenvalue weighted by Gasteiger charge is 2.32. The molecule has 106 valence electrons. The molecule has 0 aliphatic carbocycles. The first-order chi connectivity index (χ1) is 9.43. The molecule has 0 fully saturated rings. The van der Waals surface area contributed by atoms with Gasteiger partial charge in [0.15, 0.2) is 0 Å². The second-order valence-electron chi connectivity index (χ2n) is 5.99. The molecule has 0 saturated carbocycles. The molecule has 2 nitrogen and oxygen atoms in total. The van der Waals surface area contributed by atoms with Gasteiger partial charge in [0.05, 0.1) is 14.1 Å². The van der Waals surface area contributed by atoms with Gasteiger partial charge in [-0.3, -0.25) is 0 Å². The van der Waals surface area contributed by atoms with E-state index in [1.54, 1.807) is 6.07 Å². The van der Waals surface area contributed by atoms with E-state index in [1.165, 1.54) is 5.56 Å². The Morgan fingerprint density at radius 1 is 0.800 bits per heavy atom. The van der Waals surface area contributed by atoms with E-state index in [9.17, 15) is 5.11 Å². The van der Waals surface area contributed by atoms with Crippen LogP contribution in [0.2, 0.25) is 0 Å². The van der Waals surface area contributed by atoms with Crippen LogP contribution in [0, 0.1) is 0 Å². The number of phenols is 1. The van der Waals surface area contributed by atoms with Crippen molar-refractivity contribution in [1.82, 2.24) is 0 Å². The largest absolute Gasteiger partial charge is 0.508 e. The molecule has 1 N–H and O–H groups in total. The number of hydrogen-bond donors (Lipinski definition) is 1. The van der Waals surface area contributed by atoms with Crippen molar-refractivity contribution < 1.29 is 9.59 Å². The molecule has 2 unspecified atom stereocenters. The average Bonchev–Trinajstić information content (AvgIpc) is 2.46. The molecule has 2 aromatic carbocycles. The van der Waals surface area contributed by atoms with Crippen molar-refractivity contribution >= 4 is 0 Å². The Labute approximate surface area is 121 Å². The average molecular weight is 270 g/mol. The summed E-state index contributed by atoms with van der Waals surface area (Å²) >= 11 is 0. The van der Waals surface area contributed by atoms with Crippen LogP contribution in [0.1, 0.15) is 37.1 Å². The van der Waals surface area contributed by atoms with E-state index in [-0.39, 0.29) is 0 Å². The Bertz CT molecular complexity index is 563. The fourth-order valence-corrected chi connectivity index (χ4v) is 2.62. The maximum Gasteiger partial charge on any atom is 0.116 e. The minimum Gasteiger partial charge on any atom is -0.508 e. The van der Waals surface area contributed by atoms with Crippen molar-refractivity contribution in [2.45, 2.75) is 25.9 Å². The third kappa shape index (κ3) is 2.86. The number of quaternary nitrogens is 1. The lowest BCUT2D eigenvalue weighted by Crippen LogP contribution is -2.44. The molecule has 0 radical (unpaired) electrons. The van der Waals surface area contributed by atoms with Crippen LogP contribution >= 0.6 is 0 Å². The maximum atomic E-state index is 9.68. The van der Waals surface area contributed by atoms with E-state index in [0.717, 1.165) is 10.0 Å². The molecule has 0 bridgehead atoms. The number of benzene rings is 2. The van der Waals surface area contributed by atoms with Crippen LogP contribution < -0.4 is 0 Å². The maximum absolute atomic E-state index is 9.68. The normalized spacial score (nSPS) is 14.8. The van der Waals surface area contributed by atoms with Gasteiger partial charge < -0.3 is 9.59 Å². The Morgan fingerprint density at radius 3 is 1.95 bits per heavy atom. The molecule has 2 rings (SSSR count). The fourth-order valence-electron chi connectivity index (χ4n) is 2.62. The predicted molar refractivity (Wildman–Crippen MR) is 83.5 cm³/mol. The predicted octanol–water partition coefficient (Wildman–Crippen LogP) is 4.29. The lowest BCUT2D eigenvalue weighted by molar-refractivity contribution is -0.946. The third-order valence-electron chi connectivity index (χ3n) is 4.63. The van der Waals surface area contributed by atoms with Gasteiger partial charge in [-0.2, -0.15) is 0 Å². The number of phenolic OH excluding ortho intramolecular Hbond substituents is 1. The lowest BCUT2D eigenvalue weighted by atomic mass is 9.99. The van der Waals surface area contributed by atoms with Gasteiger partial charge in [0.2, 0.25) is 0 Å². The summed E-state index contributed by atoms with van der Waals surface area (Å²) < 4.78 is 0.841. The number of nitrogens with zero attached hydrogens (tertiary/aromatic N) is 1. The van der Waals surface area contributed by atoms with Gasteiger partial charge in [-0.25, -0.2) is 0 Å². The molecule has 0 saturated heterocycles. The summed E-state index contributed by atoms with van der Waals surface area (Å²) in [6.45, 7) is 4.48. The van der Waals surface area contributed by atoms with Crippen LogP contribution in [0.25, 0.3) is 0 Å². The van der Waals surface area contributed by atoms with Crippen LogP contribution in [0.5, 0.6) is 5.75 Å². The fraction of sp³-hybridized carbons (Fsp3) is 0.333. The minimum atomic E-state index is 0.303. The molecule has 0 heterocycles. The Morgan fingerprint density at radius 2 is 1.35 bits per heavy atom. The highest BCUT2D eigenvalue weighted by molar-refractivity contribution is 5.28. The number of rotatable bonds is 4. The summed E-state index contributed by atoms with van der Waals surface area (Å²) in [6, 6.07) is 18.9. The summed E-state index contributed by atoms with van der Waals surface area (Å²) in [4.78, 5) is 0. The van der Waals surface area contributed by atoms with Crippen molar-refractivity contribution in [1.29, 1.82) is 0 Å². The van der Waals surface area contributed by atoms with Gasteiger partial charge in [0.25, 0.3) is 0 Å². The van der Waals surface area contributed by atoms with Crippen molar-refractivity contribution in [3.05, 3.63) is 65.7 Å². The molecule has 2 aromatic rings. The highest BCUT2D eigenvalue weighted by Crippen LogP contribution is 2.35. The van der Waals surface area contributed by atoms with Gasteiger partial charge in [0, 0.05) is 11.1 Å². The topological polar surface area (TPSA) is 20.2 Å². The first-order valence-corrected chi connectivity index (χ1v) is 7.10. The second-order valence-corrected chi connectivity index (χ2v) is 5.99. The zero-order chi connectivity index (χ0) is 14.8. The summed E-state index contributed by atoms with van der Waals surface area (Å²) in [5.41, 5.74) is 2.50. The summed E-state index contributed by atoms with van der Waals surface area (Å²) in [6.07, 6.45) is 0. The molecule has 2 atom stereocenters. The van der Waals surface area contributed by atoms with Gasteiger partial charge in [-0.15, -0.1) is 0 Å². The Hall–Kier alpha value is -1.80. The van der Waals surface area contributed by atoms with Gasteiger partial charge in [-0.1, -0.05) is 42.5 Å². The molecular weight excluding hydrogens is 246 g/mol. The molecule has 0 aliphatic rings. The first kappa shape index (κ1) is 14.6. The molecule has 20 heavy (non-hydrogen) atoms. The molecule has 0 aliphatic heterocycles. The van der Waals surface area contributed by atoms with E-state index in [2.05, 4.69) is 64.3 Å².